The Labute approximate surface area is 155 Å². The number of thiophene rings is 1. The maximum Gasteiger partial charge on any atom is 0.174 e. The Balaban J connectivity index is 1.87. The SMILES string of the molecule is COc1ccc(C(CC(=O)c2cccs2)Sc2ccccc2N)cc1. The van der Waals surface area contributed by atoms with E-state index in [2.05, 4.69) is 0 Å². The van der Waals surface area contributed by atoms with Gasteiger partial charge in [0.25, 0.3) is 0 Å². The van der Waals surface area contributed by atoms with Crippen LogP contribution < -0.4 is 10.5 Å². The smallest absolute Gasteiger partial charge is 0.174 e. The van der Waals surface area contributed by atoms with Gasteiger partial charge in [-0.3, -0.25) is 4.79 Å². The van der Waals surface area contributed by atoms with Gasteiger partial charge in [0.1, 0.15) is 5.75 Å². The molecule has 0 radical (unpaired) electrons. The first-order valence-corrected chi connectivity index (χ1v) is 9.65. The fraction of sp³-hybridized carbons (Fsp3) is 0.150. The van der Waals surface area contributed by atoms with Crippen molar-refractivity contribution in [2.24, 2.45) is 0 Å². The van der Waals surface area contributed by atoms with Crippen LogP contribution in [0.4, 0.5) is 5.69 Å². The van der Waals surface area contributed by atoms with Crippen LogP contribution in [0.3, 0.4) is 0 Å². The van der Waals surface area contributed by atoms with Crippen molar-refractivity contribution < 1.29 is 9.53 Å². The van der Waals surface area contributed by atoms with E-state index < -0.39 is 0 Å². The molecule has 0 amide bonds. The quantitative estimate of drug-likeness (QED) is 0.342. The van der Waals surface area contributed by atoms with E-state index in [9.17, 15) is 4.79 Å². The molecule has 0 fully saturated rings. The van der Waals surface area contributed by atoms with Crippen LogP contribution in [0.1, 0.15) is 26.9 Å². The van der Waals surface area contributed by atoms with Crippen LogP contribution in [0.2, 0.25) is 0 Å². The second kappa shape index (κ2) is 8.23. The summed E-state index contributed by atoms with van der Waals surface area (Å²) in [6, 6.07) is 19.4. The number of nitrogens with two attached hydrogens (primary N) is 1. The number of methoxy groups -OCH3 is 1. The molecule has 1 unspecified atom stereocenters. The third-order valence-corrected chi connectivity index (χ3v) is 6.10. The molecule has 3 aromatic rings. The van der Waals surface area contributed by atoms with Gasteiger partial charge in [0, 0.05) is 22.3 Å². The highest BCUT2D eigenvalue weighted by molar-refractivity contribution is 7.99. The molecule has 0 spiro atoms. The molecule has 128 valence electrons. The van der Waals surface area contributed by atoms with E-state index >= 15 is 0 Å². The second-order valence-corrected chi connectivity index (χ2v) is 7.71. The Morgan fingerprint density at radius 3 is 2.52 bits per heavy atom. The van der Waals surface area contributed by atoms with E-state index in [1.54, 1.807) is 18.9 Å². The number of nitrogen functional groups attached to an aromatic ring is 1. The summed E-state index contributed by atoms with van der Waals surface area (Å²) in [5.41, 5.74) is 7.91. The maximum absolute atomic E-state index is 12.6. The lowest BCUT2D eigenvalue weighted by Gasteiger charge is -2.17. The molecule has 1 atom stereocenters. The van der Waals surface area contributed by atoms with Crippen molar-refractivity contribution in [3.8, 4) is 5.75 Å². The molecule has 25 heavy (non-hydrogen) atoms. The molecular weight excluding hydrogens is 350 g/mol. The van der Waals surface area contributed by atoms with Gasteiger partial charge in [0.2, 0.25) is 0 Å². The Morgan fingerprint density at radius 1 is 1.12 bits per heavy atom. The van der Waals surface area contributed by atoms with Gasteiger partial charge >= 0.3 is 0 Å². The monoisotopic (exact) mass is 369 g/mol. The number of ether oxygens (including phenoxy) is 1. The third-order valence-electron chi connectivity index (χ3n) is 3.84. The van der Waals surface area contributed by atoms with Crippen molar-refractivity contribution in [1.29, 1.82) is 0 Å². The van der Waals surface area contributed by atoms with Gasteiger partial charge in [-0.1, -0.05) is 30.3 Å². The number of anilines is 1. The van der Waals surface area contributed by atoms with Crippen molar-refractivity contribution in [3.05, 3.63) is 76.5 Å². The molecule has 2 aromatic carbocycles. The number of benzene rings is 2. The predicted octanol–water partition coefficient (Wildman–Crippen LogP) is 5.45. The number of hydrogen-bond donors (Lipinski definition) is 1. The molecule has 0 saturated carbocycles. The van der Waals surface area contributed by atoms with Crippen LogP contribution in [0.25, 0.3) is 0 Å². The fourth-order valence-electron chi connectivity index (χ4n) is 2.49. The number of carbonyl (C=O) groups excluding carboxylic acids is 1. The largest absolute Gasteiger partial charge is 0.497 e. The lowest BCUT2D eigenvalue weighted by Crippen LogP contribution is -2.04. The molecule has 0 aliphatic carbocycles. The van der Waals surface area contributed by atoms with Crippen LogP contribution in [0.5, 0.6) is 5.75 Å². The standard InChI is InChI=1S/C20H19NO2S2/c1-23-15-10-8-14(9-11-15)20(13-17(22)19-7-4-12-24-19)25-18-6-3-2-5-16(18)21/h2-12,20H,13,21H2,1H3. The lowest BCUT2D eigenvalue weighted by atomic mass is 10.1. The summed E-state index contributed by atoms with van der Waals surface area (Å²) < 4.78 is 5.23. The summed E-state index contributed by atoms with van der Waals surface area (Å²) in [7, 11) is 1.65. The minimum atomic E-state index is -0.00907. The summed E-state index contributed by atoms with van der Waals surface area (Å²) in [5, 5.41) is 1.92. The van der Waals surface area contributed by atoms with Crippen molar-refractivity contribution in [1.82, 2.24) is 0 Å². The topological polar surface area (TPSA) is 52.3 Å². The van der Waals surface area contributed by atoms with Gasteiger partial charge < -0.3 is 10.5 Å². The summed E-state index contributed by atoms with van der Waals surface area (Å²) >= 11 is 3.11. The molecular formula is C20H19NO2S2. The molecule has 0 aliphatic heterocycles. The van der Waals surface area contributed by atoms with Crippen LogP contribution in [0.15, 0.2) is 70.9 Å². The first-order chi connectivity index (χ1) is 12.2. The molecule has 0 saturated heterocycles. The van der Waals surface area contributed by atoms with E-state index in [-0.39, 0.29) is 11.0 Å². The van der Waals surface area contributed by atoms with Crippen LogP contribution in [-0.2, 0) is 0 Å². The highest BCUT2D eigenvalue weighted by atomic mass is 32.2. The van der Waals surface area contributed by atoms with Crippen LogP contribution >= 0.6 is 23.1 Å². The Hall–Kier alpha value is -2.24. The number of para-hydroxylation sites is 1. The number of ketones is 1. The number of rotatable bonds is 7. The predicted molar refractivity (Wildman–Crippen MR) is 106 cm³/mol. The Bertz CT molecular complexity index is 829. The molecule has 3 nitrogen and oxygen atoms in total. The molecule has 1 heterocycles. The zero-order valence-electron chi connectivity index (χ0n) is 13.8. The normalized spacial score (nSPS) is 11.9. The highest BCUT2D eigenvalue weighted by Gasteiger charge is 2.20. The summed E-state index contributed by atoms with van der Waals surface area (Å²) in [6.07, 6.45) is 0.422. The highest BCUT2D eigenvalue weighted by Crippen LogP contribution is 2.41. The Morgan fingerprint density at radius 2 is 1.88 bits per heavy atom. The van der Waals surface area contributed by atoms with Crippen molar-refractivity contribution in [2.45, 2.75) is 16.6 Å². The molecule has 1 aromatic heterocycles. The van der Waals surface area contributed by atoms with Crippen LogP contribution in [0, 0.1) is 0 Å². The summed E-state index contributed by atoms with van der Waals surface area (Å²) in [6.45, 7) is 0. The van der Waals surface area contributed by atoms with E-state index in [1.807, 2.05) is 66.0 Å². The number of carbonyl (C=O) groups is 1. The average Bonchev–Trinajstić information content (AvgIpc) is 3.18. The van der Waals surface area contributed by atoms with E-state index in [4.69, 9.17) is 10.5 Å². The molecule has 5 heteroatoms. The number of thioether (sulfide) groups is 1. The minimum Gasteiger partial charge on any atom is -0.497 e. The van der Waals surface area contributed by atoms with Gasteiger partial charge in [-0.05, 0) is 41.3 Å². The van der Waals surface area contributed by atoms with Gasteiger partial charge in [0.05, 0.1) is 12.0 Å². The minimum absolute atomic E-state index is 0.00907. The molecule has 3 rings (SSSR count). The summed E-state index contributed by atoms with van der Waals surface area (Å²) in [5.74, 6) is 0.953. The first kappa shape index (κ1) is 17.6. The molecule has 2 N–H and O–H groups in total. The van der Waals surface area contributed by atoms with Gasteiger partial charge in [0.15, 0.2) is 5.78 Å². The van der Waals surface area contributed by atoms with E-state index in [0.29, 0.717) is 6.42 Å². The fourth-order valence-corrected chi connectivity index (χ4v) is 4.36. The molecule has 0 aliphatic rings. The number of Topliss-reactive ketones (excluding diaryl/α,β-unsaturated/α-hetero) is 1. The van der Waals surface area contributed by atoms with E-state index in [1.165, 1.54) is 11.3 Å². The second-order valence-electron chi connectivity index (χ2n) is 5.52. The first-order valence-electron chi connectivity index (χ1n) is 7.89. The van der Waals surface area contributed by atoms with Crippen LogP contribution in [-0.4, -0.2) is 12.9 Å². The maximum atomic E-state index is 12.6. The van der Waals surface area contributed by atoms with Gasteiger partial charge in [-0.2, -0.15) is 0 Å². The molecule has 0 bridgehead atoms. The summed E-state index contributed by atoms with van der Waals surface area (Å²) in [4.78, 5) is 14.4. The van der Waals surface area contributed by atoms with Crippen molar-refractivity contribution >= 4 is 34.6 Å². The average molecular weight is 370 g/mol. The van der Waals surface area contributed by atoms with Gasteiger partial charge in [-0.15, -0.1) is 23.1 Å². The van der Waals surface area contributed by atoms with E-state index in [0.717, 1.165) is 26.8 Å². The number of hydrogen-bond acceptors (Lipinski definition) is 5. The van der Waals surface area contributed by atoms with Crippen molar-refractivity contribution in [2.75, 3.05) is 12.8 Å². The van der Waals surface area contributed by atoms with Gasteiger partial charge in [-0.25, -0.2) is 0 Å². The van der Waals surface area contributed by atoms with Crippen molar-refractivity contribution in [3.63, 3.8) is 0 Å². The zero-order valence-corrected chi connectivity index (χ0v) is 15.5. The zero-order chi connectivity index (χ0) is 17.6. The third kappa shape index (κ3) is 4.44. The lowest BCUT2D eigenvalue weighted by molar-refractivity contribution is 0.0986. The Kier molecular flexibility index (Phi) is 5.79.